The Bertz CT molecular complexity index is 3940. The molecule has 0 N–H and O–H groups in total. The van der Waals surface area contributed by atoms with Crippen molar-refractivity contribution < 1.29 is 4.42 Å². The number of fused-ring (bicyclic) bond motifs is 6. The molecule has 0 saturated carbocycles. The summed E-state index contributed by atoms with van der Waals surface area (Å²) in [5, 5.41) is 4.79. The van der Waals surface area contributed by atoms with Crippen molar-refractivity contribution in [3.63, 3.8) is 0 Å². The van der Waals surface area contributed by atoms with Gasteiger partial charge in [0.15, 0.2) is 0 Å². The van der Waals surface area contributed by atoms with Gasteiger partial charge in [0.1, 0.15) is 11.2 Å². The van der Waals surface area contributed by atoms with Gasteiger partial charge >= 0.3 is 0 Å². The molecule has 0 aliphatic heterocycles. The van der Waals surface area contributed by atoms with E-state index in [-0.39, 0.29) is 0 Å². The molecule has 0 radical (unpaired) electrons. The molecule has 0 aliphatic carbocycles. The van der Waals surface area contributed by atoms with Gasteiger partial charge in [0, 0.05) is 44.3 Å². The fourth-order valence-electron chi connectivity index (χ4n) is 10.3. The van der Waals surface area contributed by atoms with Gasteiger partial charge in [-0.05, 0) is 134 Å². The van der Waals surface area contributed by atoms with Crippen molar-refractivity contribution in [3.8, 4) is 61.3 Å². The zero-order valence-electron chi connectivity index (χ0n) is 37.7. The van der Waals surface area contributed by atoms with E-state index < -0.39 is 0 Å². The van der Waals surface area contributed by atoms with Crippen LogP contribution in [-0.2, 0) is 0 Å². The van der Waals surface area contributed by atoms with E-state index in [1.807, 2.05) is 12.1 Å². The maximum absolute atomic E-state index is 6.32. The van der Waals surface area contributed by atoms with Gasteiger partial charge in [0.05, 0.1) is 11.0 Å². The summed E-state index contributed by atoms with van der Waals surface area (Å²) in [4.78, 5) is 2.35. The van der Waals surface area contributed by atoms with Crippen LogP contribution in [0.25, 0.3) is 105 Å². The van der Waals surface area contributed by atoms with Gasteiger partial charge in [0.2, 0.25) is 0 Å². The van der Waals surface area contributed by atoms with Crippen LogP contribution in [0.5, 0.6) is 0 Å². The van der Waals surface area contributed by atoms with Crippen LogP contribution in [-0.4, -0.2) is 4.57 Å². The molecule has 11 aromatic carbocycles. The molecule has 0 atom stereocenters. The number of benzene rings is 11. The smallest absolute Gasteiger partial charge is 0.136 e. The minimum atomic E-state index is 0.888. The highest BCUT2D eigenvalue weighted by Crippen LogP contribution is 2.41. The molecule has 0 amide bonds. The van der Waals surface area contributed by atoms with Crippen LogP contribution in [0.2, 0.25) is 0 Å². The normalized spacial score (nSPS) is 11.5. The topological polar surface area (TPSA) is 21.3 Å². The summed E-state index contributed by atoms with van der Waals surface area (Å²) in [5.41, 5.74) is 20.3. The molecule has 69 heavy (non-hydrogen) atoms. The van der Waals surface area contributed by atoms with Crippen molar-refractivity contribution in [2.24, 2.45) is 0 Å². The molecule has 0 unspecified atom stereocenters. The summed E-state index contributed by atoms with van der Waals surface area (Å²) in [6.07, 6.45) is 0. The lowest BCUT2D eigenvalue weighted by molar-refractivity contribution is 0.669. The average Bonchev–Trinajstić information content (AvgIpc) is 3.97. The fraction of sp³-hybridized carbons (Fsp3) is 0. The minimum absolute atomic E-state index is 0.888. The molecule has 0 saturated heterocycles. The number of hydrogen-bond acceptors (Lipinski definition) is 2. The van der Waals surface area contributed by atoms with Crippen molar-refractivity contribution in [2.75, 3.05) is 4.90 Å². The van der Waals surface area contributed by atoms with Gasteiger partial charge < -0.3 is 13.9 Å². The lowest BCUT2D eigenvalue weighted by atomic mass is 9.94. The summed E-state index contributed by atoms with van der Waals surface area (Å²) in [5.74, 6) is 0. The zero-order valence-corrected chi connectivity index (χ0v) is 37.7. The summed E-state index contributed by atoms with van der Waals surface area (Å²) in [6, 6.07) is 96.0. The summed E-state index contributed by atoms with van der Waals surface area (Å²) >= 11 is 0. The standard InChI is InChI=1S/C66H44N2O/c1-2-14-48(15-3-1)57-20-4-5-21-58(57)49-34-39-54(40-35-49)67(55-18-13-17-51(43-55)52-36-41-62-61-24-8-11-27-65(61)69-66(62)44-52)53-37-32-46(33-38-53)45-28-30-47(31-29-45)50-16-12-19-56(42-50)68-63-25-9-6-22-59(63)60-23-7-10-26-64(60)68/h1-44H. The largest absolute Gasteiger partial charge is 0.456 e. The van der Waals surface area contributed by atoms with E-state index in [9.17, 15) is 0 Å². The molecule has 0 aliphatic rings. The van der Waals surface area contributed by atoms with Crippen LogP contribution in [0.1, 0.15) is 0 Å². The van der Waals surface area contributed by atoms with Crippen molar-refractivity contribution in [1.82, 2.24) is 4.57 Å². The van der Waals surface area contributed by atoms with Crippen LogP contribution in [0.4, 0.5) is 17.1 Å². The van der Waals surface area contributed by atoms with Crippen molar-refractivity contribution >= 4 is 60.8 Å². The SMILES string of the molecule is c1ccc(-c2ccccc2-c2ccc(N(c3ccc(-c4ccc(-c5cccc(-n6c7ccccc7c7ccccc76)c5)cc4)cc3)c3cccc(-c4ccc5c(c4)oc4ccccc45)c3)cc2)cc1. The predicted molar refractivity (Wildman–Crippen MR) is 290 cm³/mol. The Labute approximate surface area is 401 Å². The first-order valence-corrected chi connectivity index (χ1v) is 23.6. The first-order valence-electron chi connectivity index (χ1n) is 23.6. The number of nitrogens with zero attached hydrogens (tertiary/aromatic N) is 2. The van der Waals surface area contributed by atoms with E-state index in [4.69, 9.17) is 4.42 Å². The van der Waals surface area contributed by atoms with E-state index in [0.29, 0.717) is 0 Å². The third kappa shape index (κ3) is 7.25. The molecule has 0 spiro atoms. The van der Waals surface area contributed by atoms with Gasteiger partial charge in [-0.2, -0.15) is 0 Å². The van der Waals surface area contributed by atoms with Gasteiger partial charge in [-0.1, -0.05) is 188 Å². The highest BCUT2D eigenvalue weighted by Gasteiger charge is 2.17. The molecule has 13 aromatic rings. The molecule has 2 heterocycles. The van der Waals surface area contributed by atoms with E-state index in [1.54, 1.807) is 0 Å². The van der Waals surface area contributed by atoms with Gasteiger partial charge in [0.25, 0.3) is 0 Å². The summed E-state index contributed by atoms with van der Waals surface area (Å²) < 4.78 is 8.70. The van der Waals surface area contributed by atoms with E-state index >= 15 is 0 Å². The zero-order chi connectivity index (χ0) is 45.7. The fourth-order valence-corrected chi connectivity index (χ4v) is 10.3. The predicted octanol–water partition coefficient (Wildman–Crippen LogP) is 18.5. The van der Waals surface area contributed by atoms with Crippen LogP contribution in [0.3, 0.4) is 0 Å². The van der Waals surface area contributed by atoms with Crippen molar-refractivity contribution in [2.45, 2.75) is 0 Å². The quantitative estimate of drug-likeness (QED) is 0.144. The first kappa shape index (κ1) is 40.1. The number of furan rings is 1. The molecule has 13 rings (SSSR count). The van der Waals surface area contributed by atoms with E-state index in [1.165, 1.54) is 60.8 Å². The molecule has 3 nitrogen and oxygen atoms in total. The van der Waals surface area contributed by atoms with Gasteiger partial charge in [-0.3, -0.25) is 0 Å². The van der Waals surface area contributed by atoms with Gasteiger partial charge in [-0.25, -0.2) is 0 Å². The Balaban J connectivity index is 0.841. The van der Waals surface area contributed by atoms with E-state index in [0.717, 1.165) is 61.4 Å². The molecule has 0 fully saturated rings. The van der Waals surface area contributed by atoms with Crippen molar-refractivity contribution in [1.29, 1.82) is 0 Å². The van der Waals surface area contributed by atoms with E-state index in [2.05, 4.69) is 264 Å². The first-order chi connectivity index (χ1) is 34.2. The Morgan fingerprint density at radius 3 is 1.38 bits per heavy atom. The summed E-state index contributed by atoms with van der Waals surface area (Å²) in [7, 11) is 0. The van der Waals surface area contributed by atoms with Crippen LogP contribution in [0.15, 0.2) is 271 Å². The Morgan fingerprint density at radius 2 is 0.710 bits per heavy atom. The van der Waals surface area contributed by atoms with Crippen LogP contribution >= 0.6 is 0 Å². The lowest BCUT2D eigenvalue weighted by Gasteiger charge is -2.26. The Morgan fingerprint density at radius 1 is 0.261 bits per heavy atom. The second-order valence-corrected chi connectivity index (χ2v) is 17.7. The third-order valence-corrected chi connectivity index (χ3v) is 13.6. The lowest BCUT2D eigenvalue weighted by Crippen LogP contribution is -2.10. The highest BCUT2D eigenvalue weighted by atomic mass is 16.3. The average molecular weight is 881 g/mol. The molecule has 3 heteroatoms. The number of aromatic nitrogens is 1. The maximum atomic E-state index is 6.32. The monoisotopic (exact) mass is 880 g/mol. The molecule has 0 bridgehead atoms. The Kier molecular flexibility index (Phi) is 9.84. The minimum Gasteiger partial charge on any atom is -0.456 e. The molecule has 324 valence electrons. The van der Waals surface area contributed by atoms with Crippen LogP contribution in [0, 0.1) is 0 Å². The second-order valence-electron chi connectivity index (χ2n) is 17.7. The maximum Gasteiger partial charge on any atom is 0.136 e. The number of hydrogen-bond donors (Lipinski definition) is 0. The third-order valence-electron chi connectivity index (χ3n) is 13.6. The highest BCUT2D eigenvalue weighted by molar-refractivity contribution is 6.09. The van der Waals surface area contributed by atoms with Crippen LogP contribution < -0.4 is 4.90 Å². The molecular formula is C66H44N2O. The number of para-hydroxylation sites is 3. The number of anilines is 3. The summed E-state index contributed by atoms with van der Waals surface area (Å²) in [6.45, 7) is 0. The molecule has 2 aromatic heterocycles. The number of rotatable bonds is 9. The van der Waals surface area contributed by atoms with Gasteiger partial charge in [-0.15, -0.1) is 0 Å². The second kappa shape index (κ2) is 16.9. The van der Waals surface area contributed by atoms with Crippen molar-refractivity contribution in [3.05, 3.63) is 267 Å². The Hall–Kier alpha value is -9.18. The molecular weight excluding hydrogens is 837 g/mol.